The van der Waals surface area contributed by atoms with Crippen LogP contribution in [0.1, 0.15) is 45.1 Å². The van der Waals surface area contributed by atoms with Gasteiger partial charge in [0, 0.05) is 0 Å². The van der Waals surface area contributed by atoms with Crippen LogP contribution in [0, 0.1) is 28.9 Å². The fourth-order valence-electron chi connectivity index (χ4n) is 3.37. The highest BCUT2D eigenvalue weighted by Crippen LogP contribution is 2.44. The molecule has 2 nitrogen and oxygen atoms in total. The Hall–Kier alpha value is -1.45. The van der Waals surface area contributed by atoms with E-state index in [1.165, 1.54) is 6.07 Å². The van der Waals surface area contributed by atoms with Gasteiger partial charge in [0.1, 0.15) is 0 Å². The Labute approximate surface area is 124 Å². The summed E-state index contributed by atoms with van der Waals surface area (Å²) in [4.78, 5) is 11.7. The van der Waals surface area contributed by atoms with Crippen molar-refractivity contribution in [2.45, 2.75) is 46.0 Å². The van der Waals surface area contributed by atoms with Gasteiger partial charge in [-0.05, 0) is 61.6 Å². The molecule has 1 aromatic carbocycles. The summed E-state index contributed by atoms with van der Waals surface area (Å²) in [5.41, 5.74) is -0.283. The van der Waals surface area contributed by atoms with Crippen LogP contribution in [0.15, 0.2) is 18.2 Å². The zero-order valence-electron chi connectivity index (χ0n) is 12.5. The van der Waals surface area contributed by atoms with Crippen LogP contribution in [-0.2, 0) is 11.2 Å². The van der Waals surface area contributed by atoms with E-state index >= 15 is 0 Å². The number of carbonyl (C=O) groups is 1. The van der Waals surface area contributed by atoms with Crippen molar-refractivity contribution >= 4 is 5.97 Å². The van der Waals surface area contributed by atoms with Gasteiger partial charge in [0.25, 0.3) is 0 Å². The summed E-state index contributed by atoms with van der Waals surface area (Å²) in [6.07, 6.45) is 3.24. The fourth-order valence-corrected chi connectivity index (χ4v) is 3.37. The molecule has 0 saturated heterocycles. The highest BCUT2D eigenvalue weighted by atomic mass is 19.2. The summed E-state index contributed by atoms with van der Waals surface area (Å²) in [5, 5.41) is 9.63. The number of carboxylic acids is 1. The van der Waals surface area contributed by atoms with Crippen LogP contribution in [0.2, 0.25) is 0 Å². The quantitative estimate of drug-likeness (QED) is 0.892. The summed E-state index contributed by atoms with van der Waals surface area (Å²) in [5.74, 6) is -1.52. The first-order valence-corrected chi connectivity index (χ1v) is 7.51. The molecule has 1 aliphatic rings. The van der Waals surface area contributed by atoms with Crippen molar-refractivity contribution in [1.82, 2.24) is 0 Å². The molecule has 21 heavy (non-hydrogen) atoms. The van der Waals surface area contributed by atoms with E-state index in [4.69, 9.17) is 0 Å². The molecule has 2 rings (SSSR count). The van der Waals surface area contributed by atoms with Crippen molar-refractivity contribution in [2.24, 2.45) is 17.3 Å². The molecular formula is C17H22F2O2. The van der Waals surface area contributed by atoms with Gasteiger partial charge in [0.05, 0.1) is 5.41 Å². The molecular weight excluding hydrogens is 274 g/mol. The lowest BCUT2D eigenvalue weighted by molar-refractivity contribution is -0.151. The van der Waals surface area contributed by atoms with Crippen LogP contribution in [0.4, 0.5) is 8.78 Å². The van der Waals surface area contributed by atoms with Gasteiger partial charge in [-0.25, -0.2) is 8.78 Å². The molecule has 0 atom stereocenters. The summed E-state index contributed by atoms with van der Waals surface area (Å²) in [7, 11) is 0. The van der Waals surface area contributed by atoms with E-state index in [1.54, 1.807) is 0 Å². The smallest absolute Gasteiger partial charge is 0.309 e. The molecule has 1 aliphatic carbocycles. The third kappa shape index (κ3) is 3.42. The maximum absolute atomic E-state index is 13.3. The van der Waals surface area contributed by atoms with Crippen LogP contribution < -0.4 is 0 Å². The van der Waals surface area contributed by atoms with Crippen LogP contribution in [0.25, 0.3) is 0 Å². The van der Waals surface area contributed by atoms with Gasteiger partial charge in [-0.3, -0.25) is 4.79 Å². The molecule has 0 aliphatic heterocycles. The average Bonchev–Trinajstić information content (AvgIpc) is 2.43. The molecule has 116 valence electrons. The van der Waals surface area contributed by atoms with E-state index in [0.29, 0.717) is 30.2 Å². The molecule has 4 heteroatoms. The van der Waals surface area contributed by atoms with E-state index in [0.717, 1.165) is 25.0 Å². The molecule has 1 fully saturated rings. The Kier molecular flexibility index (Phi) is 4.64. The standard InChI is InChI=1S/C17H22F2O2/c1-11(2)13-5-7-17(8-6-13,16(20)21)10-12-3-4-14(18)15(19)9-12/h3-4,9,11,13H,5-8,10H2,1-2H3,(H,20,21). The van der Waals surface area contributed by atoms with Gasteiger partial charge in [0.15, 0.2) is 11.6 Å². The highest BCUT2D eigenvalue weighted by Gasteiger charge is 2.42. The first-order chi connectivity index (χ1) is 9.84. The van der Waals surface area contributed by atoms with Crippen LogP contribution in [-0.4, -0.2) is 11.1 Å². The third-order valence-corrected chi connectivity index (χ3v) is 4.91. The SMILES string of the molecule is CC(C)C1CCC(Cc2ccc(F)c(F)c2)(C(=O)O)CC1. The first-order valence-electron chi connectivity index (χ1n) is 7.51. The molecule has 0 radical (unpaired) electrons. The Balaban J connectivity index is 2.16. The molecule has 1 N–H and O–H groups in total. The number of benzene rings is 1. The minimum absolute atomic E-state index is 0.268. The second-order valence-corrected chi connectivity index (χ2v) is 6.59. The van der Waals surface area contributed by atoms with Crippen molar-refractivity contribution in [2.75, 3.05) is 0 Å². The van der Waals surface area contributed by atoms with Crippen molar-refractivity contribution in [1.29, 1.82) is 0 Å². The highest BCUT2D eigenvalue weighted by molar-refractivity contribution is 5.75. The Morgan fingerprint density at radius 3 is 2.38 bits per heavy atom. The lowest BCUT2D eigenvalue weighted by atomic mass is 9.65. The summed E-state index contributed by atoms with van der Waals surface area (Å²) in [6, 6.07) is 3.67. The van der Waals surface area contributed by atoms with Gasteiger partial charge in [-0.2, -0.15) is 0 Å². The summed E-state index contributed by atoms with van der Waals surface area (Å²) < 4.78 is 26.3. The Morgan fingerprint density at radius 2 is 1.90 bits per heavy atom. The van der Waals surface area contributed by atoms with E-state index in [1.807, 2.05) is 0 Å². The average molecular weight is 296 g/mol. The summed E-state index contributed by atoms with van der Waals surface area (Å²) >= 11 is 0. The topological polar surface area (TPSA) is 37.3 Å². The molecule has 0 unspecified atom stereocenters. The number of hydrogen-bond acceptors (Lipinski definition) is 1. The normalized spacial score (nSPS) is 26.0. The van der Waals surface area contributed by atoms with Crippen molar-refractivity contribution in [3.63, 3.8) is 0 Å². The Bertz CT molecular complexity index is 518. The maximum atomic E-state index is 13.3. The van der Waals surface area contributed by atoms with Crippen LogP contribution in [0.5, 0.6) is 0 Å². The second kappa shape index (κ2) is 6.12. The van der Waals surface area contributed by atoms with Gasteiger partial charge in [-0.1, -0.05) is 19.9 Å². The number of rotatable bonds is 4. The summed E-state index contributed by atoms with van der Waals surface area (Å²) in [6.45, 7) is 4.32. The van der Waals surface area contributed by atoms with Gasteiger partial charge < -0.3 is 5.11 Å². The van der Waals surface area contributed by atoms with Crippen LogP contribution >= 0.6 is 0 Å². The molecule has 0 amide bonds. The lowest BCUT2D eigenvalue weighted by Crippen LogP contribution is -2.38. The van der Waals surface area contributed by atoms with E-state index in [2.05, 4.69) is 13.8 Å². The third-order valence-electron chi connectivity index (χ3n) is 4.91. The molecule has 0 aromatic heterocycles. The predicted octanol–water partition coefficient (Wildman–Crippen LogP) is 4.42. The second-order valence-electron chi connectivity index (χ2n) is 6.59. The molecule has 0 bridgehead atoms. The Morgan fingerprint density at radius 1 is 1.29 bits per heavy atom. The van der Waals surface area contributed by atoms with E-state index in [9.17, 15) is 18.7 Å². The van der Waals surface area contributed by atoms with Crippen molar-refractivity contribution in [3.8, 4) is 0 Å². The molecule has 1 saturated carbocycles. The number of aliphatic carboxylic acids is 1. The predicted molar refractivity (Wildman–Crippen MR) is 76.9 cm³/mol. The number of hydrogen-bond donors (Lipinski definition) is 1. The zero-order valence-corrected chi connectivity index (χ0v) is 12.5. The maximum Gasteiger partial charge on any atom is 0.309 e. The molecule has 1 aromatic rings. The van der Waals surface area contributed by atoms with Gasteiger partial charge >= 0.3 is 5.97 Å². The number of halogens is 2. The van der Waals surface area contributed by atoms with E-state index < -0.39 is 23.0 Å². The number of carboxylic acid groups (broad SMARTS) is 1. The van der Waals surface area contributed by atoms with Gasteiger partial charge in [-0.15, -0.1) is 0 Å². The minimum atomic E-state index is -0.913. The van der Waals surface area contributed by atoms with Crippen molar-refractivity contribution in [3.05, 3.63) is 35.4 Å². The zero-order chi connectivity index (χ0) is 15.6. The molecule has 0 spiro atoms. The minimum Gasteiger partial charge on any atom is -0.481 e. The van der Waals surface area contributed by atoms with Gasteiger partial charge in [0.2, 0.25) is 0 Å². The lowest BCUT2D eigenvalue weighted by Gasteiger charge is -2.38. The van der Waals surface area contributed by atoms with Crippen LogP contribution in [0.3, 0.4) is 0 Å². The first kappa shape index (κ1) is 15.9. The fraction of sp³-hybridized carbons (Fsp3) is 0.588. The largest absolute Gasteiger partial charge is 0.481 e. The van der Waals surface area contributed by atoms with Crippen molar-refractivity contribution < 1.29 is 18.7 Å². The monoisotopic (exact) mass is 296 g/mol. The molecule has 0 heterocycles. The van der Waals surface area contributed by atoms with E-state index in [-0.39, 0.29) is 6.42 Å².